The second-order valence-corrected chi connectivity index (χ2v) is 5.96. The minimum atomic E-state index is -0.277. The highest BCUT2D eigenvalue weighted by molar-refractivity contribution is 5.92. The van der Waals surface area contributed by atoms with Gasteiger partial charge in [-0.2, -0.15) is 0 Å². The van der Waals surface area contributed by atoms with E-state index in [0.29, 0.717) is 24.7 Å². The molecule has 138 valence electrons. The molecule has 1 fully saturated rings. The molecule has 0 saturated carbocycles. The van der Waals surface area contributed by atoms with Crippen molar-refractivity contribution in [3.05, 3.63) is 53.6 Å². The van der Waals surface area contributed by atoms with Crippen LogP contribution in [0.4, 0.5) is 10.3 Å². The van der Waals surface area contributed by atoms with E-state index in [0.717, 1.165) is 38.4 Å². The smallest absolute Gasteiger partial charge is 0.270 e. The summed E-state index contributed by atoms with van der Waals surface area (Å²) in [5.74, 6) is -0.151. The molecule has 0 spiro atoms. The lowest BCUT2D eigenvalue weighted by molar-refractivity contribution is 0.0383. The molecular weight excluding hydrogens is 337 g/mol. The highest BCUT2D eigenvalue weighted by atomic mass is 19.1. The van der Waals surface area contributed by atoms with Crippen molar-refractivity contribution in [2.24, 2.45) is 0 Å². The van der Waals surface area contributed by atoms with Gasteiger partial charge in [-0.3, -0.25) is 9.69 Å². The van der Waals surface area contributed by atoms with E-state index in [1.165, 1.54) is 18.3 Å². The number of anilines is 1. The number of hydrogen-bond acceptors (Lipinski definition) is 6. The van der Waals surface area contributed by atoms with Gasteiger partial charge in [0.1, 0.15) is 11.5 Å². The number of rotatable bonds is 7. The van der Waals surface area contributed by atoms with Gasteiger partial charge in [-0.15, -0.1) is 0 Å². The maximum Gasteiger partial charge on any atom is 0.270 e. The van der Waals surface area contributed by atoms with Gasteiger partial charge in [0.2, 0.25) is 5.95 Å². The lowest BCUT2D eigenvalue weighted by atomic mass is 10.2. The third-order valence-corrected chi connectivity index (χ3v) is 4.07. The van der Waals surface area contributed by atoms with Crippen LogP contribution in [0.15, 0.2) is 36.5 Å². The molecule has 3 rings (SSSR count). The average Bonchev–Trinajstić information content (AvgIpc) is 2.68. The summed E-state index contributed by atoms with van der Waals surface area (Å²) >= 11 is 0. The number of hydrogen-bond donors (Lipinski definition) is 2. The van der Waals surface area contributed by atoms with Gasteiger partial charge in [-0.25, -0.2) is 14.4 Å². The molecule has 0 unspecified atom stereocenters. The number of benzene rings is 1. The third-order valence-electron chi connectivity index (χ3n) is 4.07. The Labute approximate surface area is 151 Å². The molecule has 0 atom stereocenters. The van der Waals surface area contributed by atoms with Gasteiger partial charge >= 0.3 is 0 Å². The van der Waals surface area contributed by atoms with Gasteiger partial charge in [0.15, 0.2) is 0 Å². The molecule has 7 nitrogen and oxygen atoms in total. The minimum Gasteiger partial charge on any atom is -0.379 e. The van der Waals surface area contributed by atoms with Crippen molar-refractivity contribution in [2.45, 2.75) is 6.54 Å². The number of carbonyl (C=O) groups excluding carboxylic acids is 1. The first-order chi connectivity index (χ1) is 12.7. The molecule has 0 radical (unpaired) electrons. The molecule has 1 aromatic heterocycles. The zero-order chi connectivity index (χ0) is 18.2. The van der Waals surface area contributed by atoms with Gasteiger partial charge in [0.25, 0.3) is 5.91 Å². The van der Waals surface area contributed by atoms with E-state index in [9.17, 15) is 9.18 Å². The molecule has 1 amide bonds. The zero-order valence-electron chi connectivity index (χ0n) is 14.4. The first-order valence-electron chi connectivity index (χ1n) is 8.60. The Kier molecular flexibility index (Phi) is 6.45. The fourth-order valence-electron chi connectivity index (χ4n) is 2.60. The van der Waals surface area contributed by atoms with E-state index in [4.69, 9.17) is 4.74 Å². The van der Waals surface area contributed by atoms with E-state index in [-0.39, 0.29) is 11.7 Å². The van der Waals surface area contributed by atoms with Crippen LogP contribution in [-0.4, -0.2) is 60.2 Å². The van der Waals surface area contributed by atoms with E-state index >= 15 is 0 Å². The van der Waals surface area contributed by atoms with Crippen molar-refractivity contribution in [1.29, 1.82) is 0 Å². The number of ether oxygens (including phenoxy) is 1. The SMILES string of the molecule is O=C(NCCN1CCOCC1)c1ccnc(NCc2ccc(F)cc2)n1. The number of halogens is 1. The van der Waals surface area contributed by atoms with Crippen molar-refractivity contribution in [2.75, 3.05) is 44.7 Å². The van der Waals surface area contributed by atoms with Crippen LogP contribution in [0.3, 0.4) is 0 Å². The predicted octanol–water partition coefficient (Wildman–Crippen LogP) is 1.29. The van der Waals surface area contributed by atoms with Crippen LogP contribution in [0, 0.1) is 5.82 Å². The van der Waals surface area contributed by atoms with Gasteiger partial charge < -0.3 is 15.4 Å². The van der Waals surface area contributed by atoms with Crippen LogP contribution < -0.4 is 10.6 Å². The standard InChI is InChI=1S/C18H22FN5O2/c19-15-3-1-14(2-4-15)13-22-18-21-6-5-16(23-18)17(25)20-7-8-24-9-11-26-12-10-24/h1-6H,7-13H2,(H,20,25)(H,21,22,23). The summed E-state index contributed by atoms with van der Waals surface area (Å²) in [6.45, 7) is 5.05. The summed E-state index contributed by atoms with van der Waals surface area (Å²) in [7, 11) is 0. The maximum absolute atomic E-state index is 12.9. The molecule has 2 heterocycles. The Balaban J connectivity index is 1.47. The first-order valence-corrected chi connectivity index (χ1v) is 8.60. The Morgan fingerprint density at radius 3 is 2.73 bits per heavy atom. The highest BCUT2D eigenvalue weighted by Crippen LogP contribution is 2.06. The Morgan fingerprint density at radius 2 is 1.96 bits per heavy atom. The molecule has 2 aromatic rings. The highest BCUT2D eigenvalue weighted by Gasteiger charge is 2.12. The third kappa shape index (κ3) is 5.47. The minimum absolute atomic E-state index is 0.231. The fraction of sp³-hybridized carbons (Fsp3) is 0.389. The van der Waals surface area contributed by atoms with Gasteiger partial charge in [0.05, 0.1) is 13.2 Å². The quantitative estimate of drug-likeness (QED) is 0.776. The van der Waals surface area contributed by atoms with Crippen LogP contribution in [0.5, 0.6) is 0 Å². The summed E-state index contributed by atoms with van der Waals surface area (Å²) in [5.41, 5.74) is 1.21. The van der Waals surface area contributed by atoms with Crippen LogP contribution in [-0.2, 0) is 11.3 Å². The number of amides is 1. The summed E-state index contributed by atoms with van der Waals surface area (Å²) in [6, 6.07) is 7.74. The monoisotopic (exact) mass is 359 g/mol. The lowest BCUT2D eigenvalue weighted by Gasteiger charge is -2.26. The van der Waals surface area contributed by atoms with E-state index in [1.54, 1.807) is 18.2 Å². The Hall–Kier alpha value is -2.58. The Morgan fingerprint density at radius 1 is 1.19 bits per heavy atom. The normalized spacial score (nSPS) is 14.8. The molecule has 1 aliphatic rings. The number of carbonyl (C=O) groups is 1. The Bertz CT molecular complexity index is 720. The summed E-state index contributed by atoms with van der Waals surface area (Å²) < 4.78 is 18.2. The van der Waals surface area contributed by atoms with Gasteiger partial charge in [-0.1, -0.05) is 12.1 Å². The molecule has 2 N–H and O–H groups in total. The number of morpholine rings is 1. The topological polar surface area (TPSA) is 79.4 Å². The number of nitrogens with one attached hydrogen (secondary N) is 2. The van der Waals surface area contributed by atoms with Crippen molar-refractivity contribution in [3.8, 4) is 0 Å². The average molecular weight is 359 g/mol. The maximum atomic E-state index is 12.9. The number of aromatic nitrogens is 2. The summed E-state index contributed by atoms with van der Waals surface area (Å²) in [5, 5.41) is 5.91. The summed E-state index contributed by atoms with van der Waals surface area (Å²) in [6.07, 6.45) is 1.54. The molecular formula is C18H22FN5O2. The molecule has 26 heavy (non-hydrogen) atoms. The number of nitrogens with zero attached hydrogens (tertiary/aromatic N) is 3. The van der Waals surface area contributed by atoms with Crippen LogP contribution in [0.25, 0.3) is 0 Å². The van der Waals surface area contributed by atoms with E-state index < -0.39 is 0 Å². The first kappa shape index (κ1) is 18.2. The second kappa shape index (κ2) is 9.21. The second-order valence-electron chi connectivity index (χ2n) is 5.96. The molecule has 0 aliphatic carbocycles. The predicted molar refractivity (Wildman–Crippen MR) is 95.4 cm³/mol. The molecule has 8 heteroatoms. The lowest BCUT2D eigenvalue weighted by Crippen LogP contribution is -2.41. The zero-order valence-corrected chi connectivity index (χ0v) is 14.4. The van der Waals surface area contributed by atoms with Crippen molar-refractivity contribution in [3.63, 3.8) is 0 Å². The van der Waals surface area contributed by atoms with E-state index in [1.807, 2.05) is 0 Å². The fourth-order valence-corrected chi connectivity index (χ4v) is 2.60. The van der Waals surface area contributed by atoms with Gasteiger partial charge in [0, 0.05) is 38.9 Å². The van der Waals surface area contributed by atoms with Gasteiger partial charge in [-0.05, 0) is 23.8 Å². The van der Waals surface area contributed by atoms with E-state index in [2.05, 4.69) is 25.5 Å². The van der Waals surface area contributed by atoms with Crippen LogP contribution in [0.1, 0.15) is 16.1 Å². The molecule has 1 aliphatic heterocycles. The summed E-state index contributed by atoms with van der Waals surface area (Å²) in [4.78, 5) is 22.8. The largest absolute Gasteiger partial charge is 0.379 e. The molecule has 1 aromatic carbocycles. The van der Waals surface area contributed by atoms with Crippen molar-refractivity contribution >= 4 is 11.9 Å². The van der Waals surface area contributed by atoms with Crippen LogP contribution in [0.2, 0.25) is 0 Å². The molecule has 0 bridgehead atoms. The van der Waals surface area contributed by atoms with Crippen LogP contribution >= 0.6 is 0 Å². The van der Waals surface area contributed by atoms with Crippen molar-refractivity contribution in [1.82, 2.24) is 20.2 Å². The molecule has 1 saturated heterocycles. The van der Waals surface area contributed by atoms with Crippen molar-refractivity contribution < 1.29 is 13.9 Å².